The molecule has 0 aromatic heterocycles. The van der Waals surface area contributed by atoms with Gasteiger partial charge < -0.3 is 4.74 Å². The van der Waals surface area contributed by atoms with Gasteiger partial charge in [0.05, 0.1) is 23.0 Å². The average molecular weight is 418 g/mol. The van der Waals surface area contributed by atoms with Crippen LogP contribution >= 0.6 is 0 Å². The standard InChI is InChI=1S/C17H27N3O5S2/c1-15(19-10-12-25-13-11-19)14-18-26(21,22)16-4-6-17(7-5-16)27(23,24)20-8-2-3-9-20/h4-7,15,18H,2-3,8-14H2,1H3. The predicted molar refractivity (Wildman–Crippen MR) is 101 cm³/mol. The smallest absolute Gasteiger partial charge is 0.243 e. The third kappa shape index (κ3) is 4.87. The largest absolute Gasteiger partial charge is 0.379 e. The number of morpholine rings is 1. The van der Waals surface area contributed by atoms with E-state index in [1.165, 1.54) is 28.6 Å². The molecule has 0 aliphatic carbocycles. The maximum Gasteiger partial charge on any atom is 0.243 e. The Morgan fingerprint density at radius 1 is 0.963 bits per heavy atom. The first kappa shape index (κ1) is 20.7. The van der Waals surface area contributed by atoms with Gasteiger partial charge in [0.1, 0.15) is 0 Å². The minimum atomic E-state index is -3.69. The van der Waals surface area contributed by atoms with E-state index in [1.807, 2.05) is 6.92 Å². The van der Waals surface area contributed by atoms with Gasteiger partial charge in [-0.3, -0.25) is 4.90 Å². The molecule has 0 amide bonds. The van der Waals surface area contributed by atoms with Gasteiger partial charge >= 0.3 is 0 Å². The highest BCUT2D eigenvalue weighted by atomic mass is 32.2. The Labute approximate surface area is 161 Å². The Balaban J connectivity index is 1.64. The molecule has 0 saturated carbocycles. The molecule has 2 fully saturated rings. The molecule has 1 aromatic carbocycles. The minimum absolute atomic E-state index is 0.0542. The highest BCUT2D eigenvalue weighted by molar-refractivity contribution is 7.89. The first-order chi connectivity index (χ1) is 12.8. The van der Waals surface area contributed by atoms with Crippen LogP contribution in [0.4, 0.5) is 0 Å². The van der Waals surface area contributed by atoms with Crippen LogP contribution in [0.1, 0.15) is 19.8 Å². The molecule has 0 radical (unpaired) electrons. The molecule has 1 N–H and O–H groups in total. The number of benzene rings is 1. The molecule has 10 heteroatoms. The van der Waals surface area contributed by atoms with Gasteiger partial charge in [-0.1, -0.05) is 0 Å². The Morgan fingerprint density at radius 3 is 2.11 bits per heavy atom. The van der Waals surface area contributed by atoms with Gasteiger partial charge in [0.2, 0.25) is 20.0 Å². The van der Waals surface area contributed by atoms with Crippen molar-refractivity contribution in [2.24, 2.45) is 0 Å². The van der Waals surface area contributed by atoms with E-state index in [0.29, 0.717) is 26.3 Å². The lowest BCUT2D eigenvalue weighted by atomic mass is 10.2. The SMILES string of the molecule is CC(CNS(=O)(=O)c1ccc(S(=O)(=O)N2CCCC2)cc1)N1CCOCC1. The van der Waals surface area contributed by atoms with E-state index in [2.05, 4.69) is 9.62 Å². The van der Waals surface area contributed by atoms with Crippen molar-refractivity contribution in [3.05, 3.63) is 24.3 Å². The van der Waals surface area contributed by atoms with Crippen LogP contribution in [0, 0.1) is 0 Å². The molecule has 3 rings (SSSR count). The topological polar surface area (TPSA) is 96.0 Å². The number of nitrogens with one attached hydrogen (secondary N) is 1. The van der Waals surface area contributed by atoms with Crippen LogP contribution in [-0.4, -0.2) is 78.0 Å². The summed E-state index contributed by atoms with van der Waals surface area (Å²) in [7, 11) is -7.23. The van der Waals surface area contributed by atoms with Gasteiger partial charge in [-0.25, -0.2) is 21.6 Å². The summed E-state index contributed by atoms with van der Waals surface area (Å²) >= 11 is 0. The van der Waals surface area contributed by atoms with Crippen molar-refractivity contribution in [1.29, 1.82) is 0 Å². The van der Waals surface area contributed by atoms with Crippen LogP contribution in [-0.2, 0) is 24.8 Å². The van der Waals surface area contributed by atoms with Crippen molar-refractivity contribution < 1.29 is 21.6 Å². The zero-order valence-corrected chi connectivity index (χ0v) is 17.1. The Morgan fingerprint density at radius 2 is 1.52 bits per heavy atom. The van der Waals surface area contributed by atoms with Gasteiger partial charge in [-0.2, -0.15) is 4.31 Å². The van der Waals surface area contributed by atoms with Crippen LogP contribution in [0.25, 0.3) is 0 Å². The first-order valence-electron chi connectivity index (χ1n) is 9.22. The number of sulfonamides is 2. The van der Waals surface area contributed by atoms with Crippen LogP contribution in [0.5, 0.6) is 0 Å². The molecular formula is C17H27N3O5S2. The zero-order valence-electron chi connectivity index (χ0n) is 15.5. The molecule has 2 saturated heterocycles. The molecule has 2 aliphatic rings. The van der Waals surface area contributed by atoms with Gasteiger partial charge in [-0.05, 0) is 44.0 Å². The lowest BCUT2D eigenvalue weighted by molar-refractivity contribution is 0.0213. The molecule has 2 aliphatic heterocycles. The van der Waals surface area contributed by atoms with Gasteiger partial charge in [0, 0.05) is 38.8 Å². The number of ether oxygens (including phenoxy) is 1. The van der Waals surface area contributed by atoms with E-state index in [0.717, 1.165) is 25.9 Å². The summed E-state index contributed by atoms with van der Waals surface area (Å²) in [4.78, 5) is 2.37. The van der Waals surface area contributed by atoms with E-state index >= 15 is 0 Å². The summed E-state index contributed by atoms with van der Waals surface area (Å²) < 4.78 is 59.5. The Hall–Kier alpha value is -1.04. The maximum atomic E-state index is 12.5. The fourth-order valence-electron chi connectivity index (χ4n) is 3.33. The third-order valence-corrected chi connectivity index (χ3v) is 8.43. The van der Waals surface area contributed by atoms with Gasteiger partial charge in [-0.15, -0.1) is 0 Å². The summed E-state index contributed by atoms with van der Waals surface area (Å²) in [5.74, 6) is 0. The summed E-state index contributed by atoms with van der Waals surface area (Å²) in [6.07, 6.45) is 1.72. The second-order valence-electron chi connectivity index (χ2n) is 6.93. The van der Waals surface area contributed by atoms with Crippen molar-refractivity contribution in [3.63, 3.8) is 0 Å². The van der Waals surface area contributed by atoms with Gasteiger partial charge in [0.25, 0.3) is 0 Å². The van der Waals surface area contributed by atoms with Crippen molar-refractivity contribution in [1.82, 2.24) is 13.9 Å². The summed E-state index contributed by atoms with van der Waals surface area (Å²) in [5.41, 5.74) is 0. The fourth-order valence-corrected chi connectivity index (χ4v) is 5.97. The highest BCUT2D eigenvalue weighted by Crippen LogP contribution is 2.22. The molecule has 1 atom stereocenters. The second-order valence-corrected chi connectivity index (χ2v) is 10.6. The van der Waals surface area contributed by atoms with Crippen molar-refractivity contribution >= 4 is 20.0 Å². The average Bonchev–Trinajstić information content (AvgIpc) is 3.23. The molecule has 2 heterocycles. The second kappa shape index (κ2) is 8.54. The Bertz CT molecular complexity index is 828. The quantitative estimate of drug-likeness (QED) is 0.693. The molecule has 0 bridgehead atoms. The number of rotatable bonds is 7. The lowest BCUT2D eigenvalue weighted by Gasteiger charge is -2.32. The van der Waals surface area contributed by atoms with E-state index in [-0.39, 0.29) is 22.4 Å². The van der Waals surface area contributed by atoms with E-state index < -0.39 is 20.0 Å². The van der Waals surface area contributed by atoms with Crippen LogP contribution < -0.4 is 4.72 Å². The van der Waals surface area contributed by atoms with Gasteiger partial charge in [0.15, 0.2) is 0 Å². The summed E-state index contributed by atoms with van der Waals surface area (Å²) in [6.45, 7) is 6.18. The molecule has 8 nitrogen and oxygen atoms in total. The minimum Gasteiger partial charge on any atom is -0.379 e. The monoisotopic (exact) mass is 417 g/mol. The van der Waals surface area contributed by atoms with Crippen molar-refractivity contribution in [3.8, 4) is 0 Å². The highest BCUT2D eigenvalue weighted by Gasteiger charge is 2.27. The van der Waals surface area contributed by atoms with Crippen LogP contribution in [0.3, 0.4) is 0 Å². The molecule has 1 unspecified atom stereocenters. The molecule has 27 heavy (non-hydrogen) atoms. The normalized spacial score (nSPS) is 21.4. The van der Waals surface area contributed by atoms with E-state index in [9.17, 15) is 16.8 Å². The van der Waals surface area contributed by atoms with Crippen LogP contribution in [0.15, 0.2) is 34.1 Å². The first-order valence-corrected chi connectivity index (χ1v) is 12.1. The van der Waals surface area contributed by atoms with Crippen molar-refractivity contribution in [2.45, 2.75) is 35.6 Å². The summed E-state index contributed by atoms with van der Waals surface area (Å²) in [5, 5.41) is 0. The number of hydrogen-bond acceptors (Lipinski definition) is 6. The lowest BCUT2D eigenvalue weighted by Crippen LogP contribution is -2.47. The molecular weight excluding hydrogens is 390 g/mol. The predicted octanol–water partition coefficient (Wildman–Crippen LogP) is 0.470. The molecule has 1 aromatic rings. The van der Waals surface area contributed by atoms with Crippen LogP contribution in [0.2, 0.25) is 0 Å². The number of hydrogen-bond donors (Lipinski definition) is 1. The molecule has 152 valence electrons. The Kier molecular flexibility index (Phi) is 6.54. The van der Waals surface area contributed by atoms with Crippen molar-refractivity contribution in [2.75, 3.05) is 45.9 Å². The maximum absolute atomic E-state index is 12.5. The molecule has 0 spiro atoms. The van der Waals surface area contributed by atoms with E-state index in [4.69, 9.17) is 4.74 Å². The summed E-state index contributed by atoms with van der Waals surface area (Å²) in [6, 6.07) is 5.50. The zero-order chi connectivity index (χ0) is 19.5. The van der Waals surface area contributed by atoms with E-state index in [1.54, 1.807) is 0 Å². The number of nitrogens with zero attached hydrogens (tertiary/aromatic N) is 2. The fraction of sp³-hybridized carbons (Fsp3) is 0.647. The third-order valence-electron chi connectivity index (χ3n) is 5.07.